The van der Waals surface area contributed by atoms with Crippen LogP contribution in [-0.4, -0.2) is 7.11 Å². The van der Waals surface area contributed by atoms with Gasteiger partial charge in [-0.25, -0.2) is 0 Å². The molecular weight excluding hydrogens is 276 g/mol. The third-order valence-electron chi connectivity index (χ3n) is 3.09. The van der Waals surface area contributed by atoms with Crippen molar-refractivity contribution in [1.29, 1.82) is 0 Å². The summed E-state index contributed by atoms with van der Waals surface area (Å²) in [5.74, 6) is 0.972. The van der Waals surface area contributed by atoms with E-state index in [1.807, 2.05) is 0 Å². The van der Waals surface area contributed by atoms with Gasteiger partial charge in [0.1, 0.15) is 5.75 Å². The molecule has 96 valence electrons. The van der Waals surface area contributed by atoms with Gasteiger partial charge in [-0.15, -0.1) is 0 Å². The lowest BCUT2D eigenvalue weighted by Crippen LogP contribution is -1.93. The minimum atomic E-state index is 0.476. The Morgan fingerprint density at radius 2 is 2.00 bits per heavy atom. The summed E-state index contributed by atoms with van der Waals surface area (Å²) in [6, 6.07) is 6.44. The van der Waals surface area contributed by atoms with E-state index in [1.165, 1.54) is 43.2 Å². The molecule has 0 aliphatic carbocycles. The second-order valence-electron chi connectivity index (χ2n) is 4.55. The SMILES string of the molecule is CCCCCCC(Br)c1ccc(OC)c(C)c1. The third kappa shape index (κ3) is 4.71. The van der Waals surface area contributed by atoms with Crippen molar-refractivity contribution in [1.82, 2.24) is 0 Å². The highest BCUT2D eigenvalue weighted by molar-refractivity contribution is 9.09. The quantitative estimate of drug-likeness (QED) is 0.483. The van der Waals surface area contributed by atoms with Crippen LogP contribution in [0.1, 0.15) is 55.0 Å². The Hall–Kier alpha value is -0.500. The molecule has 0 N–H and O–H groups in total. The normalized spacial score (nSPS) is 12.5. The molecule has 0 aliphatic rings. The average molecular weight is 299 g/mol. The van der Waals surface area contributed by atoms with Gasteiger partial charge in [-0.3, -0.25) is 0 Å². The predicted molar refractivity (Wildman–Crippen MR) is 78.2 cm³/mol. The molecule has 0 aromatic heterocycles. The van der Waals surface area contributed by atoms with Crippen molar-refractivity contribution in [3.05, 3.63) is 29.3 Å². The summed E-state index contributed by atoms with van der Waals surface area (Å²) in [4.78, 5) is 0.476. The van der Waals surface area contributed by atoms with Crippen molar-refractivity contribution in [3.63, 3.8) is 0 Å². The van der Waals surface area contributed by atoms with Gasteiger partial charge in [0.25, 0.3) is 0 Å². The van der Waals surface area contributed by atoms with Crippen LogP contribution in [0, 0.1) is 6.92 Å². The monoisotopic (exact) mass is 298 g/mol. The predicted octanol–water partition coefficient (Wildman–Crippen LogP) is 5.41. The summed E-state index contributed by atoms with van der Waals surface area (Å²) < 4.78 is 5.28. The van der Waals surface area contributed by atoms with Crippen molar-refractivity contribution < 1.29 is 4.74 Å². The highest BCUT2D eigenvalue weighted by Gasteiger charge is 2.08. The number of methoxy groups -OCH3 is 1. The zero-order valence-electron chi connectivity index (χ0n) is 11.1. The molecule has 1 aromatic carbocycles. The Balaban J connectivity index is 2.51. The first-order valence-corrected chi connectivity index (χ1v) is 7.39. The summed E-state index contributed by atoms with van der Waals surface area (Å²) in [7, 11) is 1.72. The molecule has 1 nitrogen and oxygen atoms in total. The highest BCUT2D eigenvalue weighted by Crippen LogP contribution is 2.31. The zero-order valence-corrected chi connectivity index (χ0v) is 12.7. The van der Waals surface area contributed by atoms with Gasteiger partial charge < -0.3 is 4.74 Å². The number of alkyl halides is 1. The van der Waals surface area contributed by atoms with E-state index in [0.717, 1.165) is 5.75 Å². The third-order valence-corrected chi connectivity index (χ3v) is 4.08. The Labute approximate surface area is 114 Å². The van der Waals surface area contributed by atoms with E-state index >= 15 is 0 Å². The number of halogens is 1. The number of rotatable bonds is 7. The van der Waals surface area contributed by atoms with E-state index in [9.17, 15) is 0 Å². The molecule has 2 heteroatoms. The molecule has 1 unspecified atom stereocenters. The molecule has 0 saturated carbocycles. The summed E-state index contributed by atoms with van der Waals surface area (Å²) in [6.07, 6.45) is 6.50. The van der Waals surface area contributed by atoms with Crippen molar-refractivity contribution in [3.8, 4) is 5.75 Å². The molecule has 0 radical (unpaired) electrons. The van der Waals surface area contributed by atoms with Crippen LogP contribution in [0.5, 0.6) is 5.75 Å². The molecular formula is C15H23BrO. The first-order valence-electron chi connectivity index (χ1n) is 6.47. The van der Waals surface area contributed by atoms with Crippen LogP contribution in [0.3, 0.4) is 0 Å². The number of aryl methyl sites for hydroxylation is 1. The van der Waals surface area contributed by atoms with Crippen LogP contribution < -0.4 is 4.74 Å². The van der Waals surface area contributed by atoms with Gasteiger partial charge in [-0.1, -0.05) is 60.7 Å². The number of benzene rings is 1. The first-order chi connectivity index (χ1) is 8.19. The summed E-state index contributed by atoms with van der Waals surface area (Å²) in [6.45, 7) is 4.34. The molecule has 1 aromatic rings. The lowest BCUT2D eigenvalue weighted by Gasteiger charge is -2.12. The van der Waals surface area contributed by atoms with E-state index in [-0.39, 0.29) is 0 Å². The minimum Gasteiger partial charge on any atom is -0.496 e. The van der Waals surface area contributed by atoms with Gasteiger partial charge in [-0.2, -0.15) is 0 Å². The summed E-state index contributed by atoms with van der Waals surface area (Å²) >= 11 is 3.78. The Morgan fingerprint density at radius 1 is 1.24 bits per heavy atom. The molecule has 0 saturated heterocycles. The molecule has 17 heavy (non-hydrogen) atoms. The zero-order chi connectivity index (χ0) is 12.7. The lowest BCUT2D eigenvalue weighted by molar-refractivity contribution is 0.411. The Morgan fingerprint density at radius 3 is 2.59 bits per heavy atom. The van der Waals surface area contributed by atoms with Crippen LogP contribution in [0.25, 0.3) is 0 Å². The molecule has 0 amide bonds. The highest BCUT2D eigenvalue weighted by atomic mass is 79.9. The van der Waals surface area contributed by atoms with Crippen molar-refractivity contribution in [2.24, 2.45) is 0 Å². The van der Waals surface area contributed by atoms with Crippen LogP contribution in [-0.2, 0) is 0 Å². The van der Waals surface area contributed by atoms with E-state index in [1.54, 1.807) is 7.11 Å². The van der Waals surface area contributed by atoms with Crippen molar-refractivity contribution in [2.45, 2.75) is 50.8 Å². The molecule has 1 atom stereocenters. The van der Waals surface area contributed by atoms with Gasteiger partial charge in [0.15, 0.2) is 0 Å². The number of unbranched alkanes of at least 4 members (excludes halogenated alkanes) is 3. The first kappa shape index (κ1) is 14.6. The van der Waals surface area contributed by atoms with E-state index in [2.05, 4.69) is 48.0 Å². The maximum atomic E-state index is 5.28. The van der Waals surface area contributed by atoms with E-state index < -0.39 is 0 Å². The van der Waals surface area contributed by atoms with Crippen LogP contribution in [0.2, 0.25) is 0 Å². The smallest absolute Gasteiger partial charge is 0.121 e. The van der Waals surface area contributed by atoms with Crippen molar-refractivity contribution in [2.75, 3.05) is 7.11 Å². The molecule has 0 bridgehead atoms. The maximum Gasteiger partial charge on any atom is 0.121 e. The fourth-order valence-corrected chi connectivity index (χ4v) is 2.62. The van der Waals surface area contributed by atoms with Gasteiger partial charge in [0, 0.05) is 4.83 Å². The van der Waals surface area contributed by atoms with Gasteiger partial charge in [0.05, 0.1) is 7.11 Å². The minimum absolute atomic E-state index is 0.476. The second kappa shape index (κ2) is 7.75. The van der Waals surface area contributed by atoms with Crippen LogP contribution in [0.15, 0.2) is 18.2 Å². The summed E-state index contributed by atoms with van der Waals surface area (Å²) in [5, 5.41) is 0. The fourth-order valence-electron chi connectivity index (χ4n) is 2.01. The van der Waals surface area contributed by atoms with Gasteiger partial charge >= 0.3 is 0 Å². The molecule has 0 heterocycles. The molecule has 0 aliphatic heterocycles. The Kier molecular flexibility index (Phi) is 6.64. The topological polar surface area (TPSA) is 9.23 Å². The molecule has 0 fully saturated rings. The van der Waals surface area contributed by atoms with Gasteiger partial charge in [0.2, 0.25) is 0 Å². The second-order valence-corrected chi connectivity index (χ2v) is 5.65. The summed E-state index contributed by atoms with van der Waals surface area (Å²) in [5.41, 5.74) is 2.57. The van der Waals surface area contributed by atoms with Crippen molar-refractivity contribution >= 4 is 15.9 Å². The van der Waals surface area contributed by atoms with Crippen LogP contribution >= 0.6 is 15.9 Å². The lowest BCUT2D eigenvalue weighted by atomic mass is 10.0. The average Bonchev–Trinajstić information content (AvgIpc) is 2.34. The largest absolute Gasteiger partial charge is 0.496 e. The number of ether oxygens (including phenoxy) is 1. The van der Waals surface area contributed by atoms with E-state index in [0.29, 0.717) is 4.83 Å². The van der Waals surface area contributed by atoms with E-state index in [4.69, 9.17) is 4.74 Å². The van der Waals surface area contributed by atoms with Crippen LogP contribution in [0.4, 0.5) is 0 Å². The maximum absolute atomic E-state index is 5.28. The number of hydrogen-bond donors (Lipinski definition) is 0. The van der Waals surface area contributed by atoms with Gasteiger partial charge in [-0.05, 0) is 30.5 Å². The fraction of sp³-hybridized carbons (Fsp3) is 0.600. The Bertz CT molecular complexity index is 336. The molecule has 0 spiro atoms. The molecule has 1 rings (SSSR count). The standard InChI is InChI=1S/C15H23BrO/c1-4-5-6-7-8-14(16)13-9-10-15(17-3)12(2)11-13/h9-11,14H,4-8H2,1-3H3. The number of hydrogen-bond acceptors (Lipinski definition) is 1.